The van der Waals surface area contributed by atoms with E-state index in [9.17, 15) is 9.59 Å². The predicted octanol–water partition coefficient (Wildman–Crippen LogP) is 2.88. The fourth-order valence-electron chi connectivity index (χ4n) is 3.12. The molecule has 1 atom stereocenters. The molecule has 1 saturated heterocycles. The monoisotopic (exact) mass is 400 g/mol. The molecule has 2 aromatic rings. The van der Waals surface area contributed by atoms with Crippen molar-refractivity contribution in [3.8, 4) is 0 Å². The first-order valence-corrected chi connectivity index (χ1v) is 9.78. The van der Waals surface area contributed by atoms with Crippen LogP contribution in [0.5, 0.6) is 0 Å². The van der Waals surface area contributed by atoms with Gasteiger partial charge in [0.1, 0.15) is 6.04 Å². The number of halogens is 1. The van der Waals surface area contributed by atoms with Gasteiger partial charge in [-0.1, -0.05) is 48.0 Å². The summed E-state index contributed by atoms with van der Waals surface area (Å²) < 4.78 is 0. The molecule has 0 saturated carbocycles. The SMILES string of the molecule is CC(NC(=O)N1CCN(c2cccc(Cl)c2)CC1)C(=O)NCc1ccccc1. The quantitative estimate of drug-likeness (QED) is 0.811. The smallest absolute Gasteiger partial charge is 0.318 e. The first kappa shape index (κ1) is 20.0. The van der Waals surface area contributed by atoms with Crippen molar-refractivity contribution in [2.24, 2.45) is 0 Å². The van der Waals surface area contributed by atoms with Gasteiger partial charge in [0.05, 0.1) is 0 Å². The number of hydrogen-bond donors (Lipinski definition) is 2. The molecular formula is C21H25ClN4O2. The number of carbonyl (C=O) groups is 2. The Morgan fingerprint density at radius 2 is 1.75 bits per heavy atom. The number of urea groups is 1. The molecular weight excluding hydrogens is 376 g/mol. The van der Waals surface area contributed by atoms with Crippen LogP contribution in [0.15, 0.2) is 54.6 Å². The minimum Gasteiger partial charge on any atom is -0.368 e. The molecule has 1 aliphatic rings. The van der Waals surface area contributed by atoms with E-state index in [1.807, 2.05) is 54.6 Å². The third kappa shape index (κ3) is 5.39. The molecule has 0 aliphatic carbocycles. The van der Waals surface area contributed by atoms with E-state index in [0.717, 1.165) is 24.3 Å². The average Bonchev–Trinajstić information content (AvgIpc) is 2.72. The Morgan fingerprint density at radius 1 is 1.04 bits per heavy atom. The van der Waals surface area contributed by atoms with Crippen LogP contribution in [0.1, 0.15) is 12.5 Å². The van der Waals surface area contributed by atoms with Crippen molar-refractivity contribution in [2.75, 3.05) is 31.1 Å². The van der Waals surface area contributed by atoms with Gasteiger partial charge in [-0.2, -0.15) is 0 Å². The van der Waals surface area contributed by atoms with Crippen molar-refractivity contribution in [2.45, 2.75) is 19.5 Å². The van der Waals surface area contributed by atoms with Crippen LogP contribution in [0, 0.1) is 0 Å². The molecule has 1 aliphatic heterocycles. The summed E-state index contributed by atoms with van der Waals surface area (Å²) in [5, 5.41) is 6.33. The summed E-state index contributed by atoms with van der Waals surface area (Å²) in [6.45, 7) is 4.77. The largest absolute Gasteiger partial charge is 0.368 e. The highest BCUT2D eigenvalue weighted by atomic mass is 35.5. The Hall–Kier alpha value is -2.73. The van der Waals surface area contributed by atoms with Gasteiger partial charge in [-0.3, -0.25) is 4.79 Å². The van der Waals surface area contributed by atoms with Crippen LogP contribution in [0.25, 0.3) is 0 Å². The van der Waals surface area contributed by atoms with Gasteiger partial charge >= 0.3 is 6.03 Å². The van der Waals surface area contributed by atoms with Gasteiger partial charge in [0.25, 0.3) is 0 Å². The first-order valence-electron chi connectivity index (χ1n) is 9.40. The Labute approximate surface area is 170 Å². The third-order valence-electron chi connectivity index (χ3n) is 4.78. The molecule has 1 unspecified atom stereocenters. The second kappa shape index (κ2) is 9.46. The highest BCUT2D eigenvalue weighted by molar-refractivity contribution is 6.30. The molecule has 0 aromatic heterocycles. The summed E-state index contributed by atoms with van der Waals surface area (Å²) in [6.07, 6.45) is 0. The van der Waals surface area contributed by atoms with Gasteiger partial charge in [0.15, 0.2) is 0 Å². The van der Waals surface area contributed by atoms with Crippen LogP contribution < -0.4 is 15.5 Å². The summed E-state index contributed by atoms with van der Waals surface area (Å²) in [5.74, 6) is -0.199. The van der Waals surface area contributed by atoms with Crippen LogP contribution in [0.2, 0.25) is 5.02 Å². The average molecular weight is 401 g/mol. The van der Waals surface area contributed by atoms with E-state index in [0.29, 0.717) is 24.7 Å². The number of benzene rings is 2. The number of nitrogens with zero attached hydrogens (tertiary/aromatic N) is 2. The lowest BCUT2D eigenvalue weighted by atomic mass is 10.2. The zero-order valence-corrected chi connectivity index (χ0v) is 16.7. The normalized spacial score (nSPS) is 15.1. The molecule has 2 aromatic carbocycles. The van der Waals surface area contributed by atoms with E-state index in [1.54, 1.807) is 11.8 Å². The second-order valence-electron chi connectivity index (χ2n) is 6.83. The summed E-state index contributed by atoms with van der Waals surface area (Å²) in [5.41, 5.74) is 2.08. The molecule has 0 bridgehead atoms. The molecule has 2 N–H and O–H groups in total. The minimum absolute atomic E-state index is 0.199. The van der Waals surface area contributed by atoms with Crippen molar-refractivity contribution in [1.29, 1.82) is 0 Å². The van der Waals surface area contributed by atoms with Crippen molar-refractivity contribution in [3.05, 3.63) is 65.2 Å². The fourth-order valence-corrected chi connectivity index (χ4v) is 3.31. The number of carbonyl (C=O) groups excluding carboxylic acids is 2. The fraction of sp³-hybridized carbons (Fsp3) is 0.333. The summed E-state index contributed by atoms with van der Waals surface area (Å²) >= 11 is 6.06. The maximum absolute atomic E-state index is 12.5. The van der Waals surface area contributed by atoms with Gasteiger partial charge in [0, 0.05) is 43.4 Å². The van der Waals surface area contributed by atoms with Crippen molar-refractivity contribution < 1.29 is 9.59 Å². The lowest BCUT2D eigenvalue weighted by molar-refractivity contribution is -0.122. The van der Waals surface area contributed by atoms with Crippen LogP contribution in [-0.2, 0) is 11.3 Å². The van der Waals surface area contributed by atoms with Crippen LogP contribution in [-0.4, -0.2) is 49.1 Å². The molecule has 28 heavy (non-hydrogen) atoms. The van der Waals surface area contributed by atoms with Crippen molar-refractivity contribution in [1.82, 2.24) is 15.5 Å². The van der Waals surface area contributed by atoms with Crippen LogP contribution in [0.4, 0.5) is 10.5 Å². The number of nitrogens with one attached hydrogen (secondary N) is 2. The highest BCUT2D eigenvalue weighted by Crippen LogP contribution is 2.20. The standard InChI is InChI=1S/C21H25ClN4O2/c1-16(20(27)23-15-17-6-3-2-4-7-17)24-21(28)26-12-10-25(11-13-26)19-9-5-8-18(22)14-19/h2-9,14,16H,10-13,15H2,1H3,(H,23,27)(H,24,28). The Kier molecular flexibility index (Phi) is 6.76. The third-order valence-corrected chi connectivity index (χ3v) is 5.02. The van der Waals surface area contributed by atoms with Crippen molar-refractivity contribution in [3.63, 3.8) is 0 Å². The highest BCUT2D eigenvalue weighted by Gasteiger charge is 2.24. The Bertz CT molecular complexity index is 807. The molecule has 6 nitrogen and oxygen atoms in total. The number of hydrogen-bond acceptors (Lipinski definition) is 3. The summed E-state index contributed by atoms with van der Waals surface area (Å²) in [4.78, 5) is 28.7. The van der Waals surface area contributed by atoms with Gasteiger partial charge in [-0.05, 0) is 30.7 Å². The molecule has 0 spiro atoms. The Morgan fingerprint density at radius 3 is 2.43 bits per heavy atom. The summed E-state index contributed by atoms with van der Waals surface area (Å²) in [7, 11) is 0. The molecule has 1 fully saturated rings. The molecule has 0 radical (unpaired) electrons. The van der Waals surface area contributed by atoms with Gasteiger partial charge < -0.3 is 20.4 Å². The molecule has 3 rings (SSSR count). The lowest BCUT2D eigenvalue weighted by Crippen LogP contribution is -2.55. The predicted molar refractivity (Wildman–Crippen MR) is 112 cm³/mol. The lowest BCUT2D eigenvalue weighted by Gasteiger charge is -2.36. The van der Waals surface area contributed by atoms with E-state index in [-0.39, 0.29) is 11.9 Å². The van der Waals surface area contributed by atoms with E-state index in [4.69, 9.17) is 11.6 Å². The van der Waals surface area contributed by atoms with Gasteiger partial charge in [0.2, 0.25) is 5.91 Å². The van der Waals surface area contributed by atoms with Gasteiger partial charge in [-0.25, -0.2) is 4.79 Å². The summed E-state index contributed by atoms with van der Waals surface area (Å²) in [6, 6.07) is 16.6. The van der Waals surface area contributed by atoms with Crippen LogP contribution >= 0.6 is 11.6 Å². The number of amides is 3. The van der Waals surface area contributed by atoms with E-state index in [1.165, 1.54) is 0 Å². The zero-order chi connectivity index (χ0) is 19.9. The van der Waals surface area contributed by atoms with Crippen molar-refractivity contribution >= 4 is 29.2 Å². The van der Waals surface area contributed by atoms with Crippen LogP contribution in [0.3, 0.4) is 0 Å². The van der Waals surface area contributed by atoms with E-state index in [2.05, 4.69) is 15.5 Å². The molecule has 7 heteroatoms. The van der Waals surface area contributed by atoms with E-state index < -0.39 is 6.04 Å². The minimum atomic E-state index is -0.595. The van der Waals surface area contributed by atoms with E-state index >= 15 is 0 Å². The molecule has 3 amide bonds. The first-order chi connectivity index (χ1) is 13.5. The molecule has 148 valence electrons. The number of piperazine rings is 1. The zero-order valence-electron chi connectivity index (χ0n) is 15.9. The number of anilines is 1. The maximum atomic E-state index is 12.5. The van der Waals surface area contributed by atoms with Gasteiger partial charge in [-0.15, -0.1) is 0 Å². The molecule has 1 heterocycles. The maximum Gasteiger partial charge on any atom is 0.318 e. The topological polar surface area (TPSA) is 64.7 Å². The number of rotatable bonds is 5. The second-order valence-corrected chi connectivity index (χ2v) is 7.26. The Balaban J connectivity index is 1.44.